The van der Waals surface area contributed by atoms with Crippen molar-refractivity contribution in [3.8, 4) is 0 Å². The van der Waals surface area contributed by atoms with Crippen LogP contribution in [0.25, 0.3) is 0 Å². The predicted octanol–water partition coefficient (Wildman–Crippen LogP) is 3.25. The van der Waals surface area contributed by atoms with Crippen LogP contribution in [0.1, 0.15) is 35.7 Å². The Morgan fingerprint density at radius 3 is 2.59 bits per heavy atom. The summed E-state index contributed by atoms with van der Waals surface area (Å²) in [5, 5.41) is 3.04. The zero-order chi connectivity index (χ0) is 22.5. The molecule has 1 N–H and O–H groups in total. The fourth-order valence-electron chi connectivity index (χ4n) is 4.23. The number of aromatic nitrogens is 2. The van der Waals surface area contributed by atoms with Crippen molar-refractivity contribution in [1.82, 2.24) is 14.9 Å². The van der Waals surface area contributed by atoms with E-state index in [9.17, 15) is 9.59 Å². The third kappa shape index (κ3) is 5.25. The lowest BCUT2D eigenvalue weighted by Crippen LogP contribution is -2.41. The molecule has 2 heterocycles. The lowest BCUT2D eigenvalue weighted by atomic mass is 10.0. The summed E-state index contributed by atoms with van der Waals surface area (Å²) in [5.74, 6) is 0.397. The highest BCUT2D eigenvalue weighted by atomic mass is 16.2. The van der Waals surface area contributed by atoms with Gasteiger partial charge in [-0.15, -0.1) is 0 Å². The van der Waals surface area contributed by atoms with Gasteiger partial charge < -0.3 is 10.2 Å². The minimum atomic E-state index is -0.196. The number of rotatable bonds is 7. The van der Waals surface area contributed by atoms with Crippen molar-refractivity contribution in [2.24, 2.45) is 0 Å². The number of anilines is 1. The van der Waals surface area contributed by atoms with Gasteiger partial charge in [0.2, 0.25) is 11.9 Å². The lowest BCUT2D eigenvalue weighted by molar-refractivity contribution is -0.122. The van der Waals surface area contributed by atoms with Crippen LogP contribution in [0.15, 0.2) is 65.5 Å². The molecule has 4 rings (SSSR count). The van der Waals surface area contributed by atoms with Crippen LogP contribution in [0.4, 0.5) is 5.95 Å². The van der Waals surface area contributed by atoms with E-state index >= 15 is 0 Å². The number of carbonyl (C=O) groups is 1. The van der Waals surface area contributed by atoms with Gasteiger partial charge in [-0.2, -0.15) is 0 Å². The van der Waals surface area contributed by atoms with E-state index in [-0.39, 0.29) is 24.1 Å². The van der Waals surface area contributed by atoms with E-state index < -0.39 is 0 Å². The summed E-state index contributed by atoms with van der Waals surface area (Å²) in [7, 11) is 0. The molecule has 3 aromatic rings. The van der Waals surface area contributed by atoms with Crippen LogP contribution < -0.4 is 15.8 Å². The molecule has 0 unspecified atom stereocenters. The van der Waals surface area contributed by atoms with Gasteiger partial charge in [-0.1, -0.05) is 54.6 Å². The number of hydrogen-bond acceptors (Lipinski definition) is 4. The van der Waals surface area contributed by atoms with Crippen LogP contribution in [0.3, 0.4) is 0 Å². The normalized spacial score (nSPS) is 14.0. The first kappa shape index (κ1) is 21.8. The Labute approximate surface area is 188 Å². The van der Waals surface area contributed by atoms with E-state index in [1.165, 1.54) is 27.3 Å². The van der Waals surface area contributed by atoms with E-state index in [0.29, 0.717) is 18.2 Å². The highest BCUT2D eigenvalue weighted by Crippen LogP contribution is 2.22. The third-order valence-corrected chi connectivity index (χ3v) is 5.95. The molecule has 0 radical (unpaired) electrons. The van der Waals surface area contributed by atoms with Crippen LogP contribution in [-0.2, 0) is 30.7 Å². The van der Waals surface area contributed by atoms with E-state index in [4.69, 9.17) is 0 Å². The maximum atomic E-state index is 12.8. The molecule has 0 spiro atoms. The molecule has 6 heteroatoms. The summed E-state index contributed by atoms with van der Waals surface area (Å²) in [6.07, 6.45) is 2.63. The predicted molar refractivity (Wildman–Crippen MR) is 127 cm³/mol. The summed E-state index contributed by atoms with van der Waals surface area (Å²) >= 11 is 0. The molecule has 6 nitrogen and oxygen atoms in total. The lowest BCUT2D eigenvalue weighted by Gasteiger charge is -2.31. The van der Waals surface area contributed by atoms with E-state index in [2.05, 4.69) is 45.5 Å². The SMILES string of the molecule is Cc1cc(=O)n(CC(=O)N[C@H](C)CCc2ccccc2)c(N2CCc3ccccc3C2)n1. The molecule has 0 fully saturated rings. The average Bonchev–Trinajstić information content (AvgIpc) is 2.79. The maximum absolute atomic E-state index is 12.8. The number of benzene rings is 2. The second-order valence-electron chi connectivity index (χ2n) is 8.56. The van der Waals surface area contributed by atoms with Crippen molar-refractivity contribution in [2.45, 2.75) is 52.2 Å². The minimum Gasteiger partial charge on any atom is -0.352 e. The van der Waals surface area contributed by atoms with E-state index in [1.54, 1.807) is 0 Å². The molecular formula is C26H30N4O2. The molecule has 1 aliphatic rings. The van der Waals surface area contributed by atoms with Gasteiger partial charge in [0.15, 0.2) is 0 Å². The Hall–Kier alpha value is -3.41. The Bertz CT molecular complexity index is 1140. The fraction of sp³-hybridized carbons (Fsp3) is 0.346. The molecule has 0 aliphatic carbocycles. The van der Waals surface area contributed by atoms with Crippen LogP contribution in [0, 0.1) is 6.92 Å². The van der Waals surface area contributed by atoms with Gasteiger partial charge in [0.05, 0.1) is 0 Å². The van der Waals surface area contributed by atoms with Crippen molar-refractivity contribution in [3.05, 3.63) is 93.4 Å². The Balaban J connectivity index is 1.45. The monoisotopic (exact) mass is 430 g/mol. The van der Waals surface area contributed by atoms with E-state index in [1.807, 2.05) is 38.1 Å². The second-order valence-corrected chi connectivity index (χ2v) is 8.56. The van der Waals surface area contributed by atoms with Crippen LogP contribution >= 0.6 is 0 Å². The Morgan fingerprint density at radius 1 is 1.09 bits per heavy atom. The highest BCUT2D eigenvalue weighted by molar-refractivity contribution is 5.76. The van der Waals surface area contributed by atoms with Gasteiger partial charge >= 0.3 is 0 Å². The number of nitrogens with one attached hydrogen (secondary N) is 1. The summed E-state index contributed by atoms with van der Waals surface area (Å²) in [6.45, 7) is 5.23. The molecule has 1 amide bonds. The molecule has 1 aromatic heterocycles. The number of amides is 1. The number of fused-ring (bicyclic) bond motifs is 1. The van der Waals surface area contributed by atoms with Crippen molar-refractivity contribution < 1.29 is 4.79 Å². The van der Waals surface area contributed by atoms with Crippen LogP contribution in [-0.4, -0.2) is 28.0 Å². The smallest absolute Gasteiger partial charge is 0.255 e. The average molecular weight is 431 g/mol. The summed E-state index contributed by atoms with van der Waals surface area (Å²) in [6, 6.07) is 20.1. The van der Waals surface area contributed by atoms with Crippen molar-refractivity contribution in [1.29, 1.82) is 0 Å². The molecule has 32 heavy (non-hydrogen) atoms. The third-order valence-electron chi connectivity index (χ3n) is 5.95. The second kappa shape index (κ2) is 9.81. The van der Waals surface area contributed by atoms with Gasteiger partial charge in [-0.3, -0.25) is 14.2 Å². The van der Waals surface area contributed by atoms with Crippen molar-refractivity contribution >= 4 is 11.9 Å². The molecular weight excluding hydrogens is 400 g/mol. The van der Waals surface area contributed by atoms with E-state index in [0.717, 1.165) is 25.8 Å². The summed E-state index contributed by atoms with van der Waals surface area (Å²) in [5.41, 5.74) is 4.28. The minimum absolute atomic E-state index is 0.0159. The zero-order valence-electron chi connectivity index (χ0n) is 18.8. The van der Waals surface area contributed by atoms with Crippen LogP contribution in [0.5, 0.6) is 0 Å². The van der Waals surface area contributed by atoms with Gasteiger partial charge in [0, 0.05) is 30.9 Å². The zero-order valence-corrected chi connectivity index (χ0v) is 18.8. The standard InChI is InChI=1S/C26H30N4O2/c1-19(12-13-21-8-4-3-5-9-21)27-24(31)18-30-25(32)16-20(2)28-26(30)29-15-14-22-10-6-7-11-23(22)17-29/h3-11,16,19H,12-15,17-18H2,1-2H3,(H,27,31)/t19-/m1/s1. The topological polar surface area (TPSA) is 67.2 Å². The van der Waals surface area contributed by atoms with Gasteiger partial charge in [0.1, 0.15) is 6.54 Å². The number of hydrogen-bond donors (Lipinski definition) is 1. The quantitative estimate of drug-likeness (QED) is 0.625. The number of aryl methyl sites for hydroxylation is 2. The van der Waals surface area contributed by atoms with Crippen molar-refractivity contribution in [3.63, 3.8) is 0 Å². The Kier molecular flexibility index (Phi) is 6.69. The molecule has 1 aliphatic heterocycles. The largest absolute Gasteiger partial charge is 0.352 e. The summed E-state index contributed by atoms with van der Waals surface area (Å²) in [4.78, 5) is 32.3. The first-order chi connectivity index (χ1) is 15.5. The Morgan fingerprint density at radius 2 is 1.81 bits per heavy atom. The fourth-order valence-corrected chi connectivity index (χ4v) is 4.23. The number of nitrogens with zero attached hydrogens (tertiary/aromatic N) is 3. The first-order valence-electron chi connectivity index (χ1n) is 11.2. The highest BCUT2D eigenvalue weighted by Gasteiger charge is 2.22. The van der Waals surface area contributed by atoms with Gasteiger partial charge in [0.25, 0.3) is 5.56 Å². The molecule has 0 saturated carbocycles. The van der Waals surface area contributed by atoms with Crippen LogP contribution in [0.2, 0.25) is 0 Å². The van der Waals surface area contributed by atoms with Gasteiger partial charge in [-0.25, -0.2) is 4.98 Å². The maximum Gasteiger partial charge on any atom is 0.255 e. The molecule has 1 atom stereocenters. The first-order valence-corrected chi connectivity index (χ1v) is 11.2. The molecule has 0 bridgehead atoms. The summed E-state index contributed by atoms with van der Waals surface area (Å²) < 4.78 is 1.50. The molecule has 2 aromatic carbocycles. The van der Waals surface area contributed by atoms with Gasteiger partial charge in [-0.05, 0) is 49.8 Å². The molecule has 166 valence electrons. The molecule has 0 saturated heterocycles. The number of carbonyl (C=O) groups excluding carboxylic acids is 1. The van der Waals surface area contributed by atoms with Crippen molar-refractivity contribution in [2.75, 3.05) is 11.4 Å².